The number of sulfonamides is 1. The number of anilines is 2. The van der Waals surface area contributed by atoms with Crippen LogP contribution in [0, 0.1) is 0 Å². The zero-order valence-corrected chi connectivity index (χ0v) is 13.2. The van der Waals surface area contributed by atoms with Gasteiger partial charge >= 0.3 is 0 Å². The van der Waals surface area contributed by atoms with E-state index in [1.54, 1.807) is 13.8 Å². The van der Waals surface area contributed by atoms with E-state index in [1.807, 2.05) is 0 Å². The highest BCUT2D eigenvalue weighted by Gasteiger charge is 2.27. The third-order valence-corrected chi connectivity index (χ3v) is 3.51. The number of nitrogens with one attached hydrogen (secondary N) is 2. The van der Waals surface area contributed by atoms with E-state index in [9.17, 15) is 13.2 Å². The molecule has 2 N–H and O–H groups in total. The third-order valence-electron chi connectivity index (χ3n) is 2.57. The third kappa shape index (κ3) is 4.66. The predicted octanol–water partition coefficient (Wildman–Crippen LogP) is 2.07. The molecule has 6 nitrogen and oxygen atoms in total. The van der Waals surface area contributed by atoms with Crippen molar-refractivity contribution in [3.8, 4) is 0 Å². The smallest absolute Gasteiger partial charge is 0.256 e. The van der Waals surface area contributed by atoms with Crippen LogP contribution in [0.5, 0.6) is 0 Å². The van der Waals surface area contributed by atoms with Crippen molar-refractivity contribution in [2.75, 3.05) is 23.4 Å². The van der Waals surface area contributed by atoms with Gasteiger partial charge in [0.2, 0.25) is 10.0 Å². The van der Waals surface area contributed by atoms with E-state index in [0.717, 1.165) is 6.26 Å². The van der Waals surface area contributed by atoms with Crippen LogP contribution in [-0.4, -0.2) is 33.3 Å². The lowest BCUT2D eigenvalue weighted by Crippen LogP contribution is -2.38. The Hall–Kier alpha value is -1.31. The number of ether oxygens (including phenoxy) is 1. The topological polar surface area (TPSA) is 84.5 Å². The standard InChI is InChI=1S/C12H17ClN2O4S/c1-12(2,19-3)11(16)14-10-7-8(5-6-9(10)13)15-20(4,17)18/h5-7,15H,1-4H3,(H,14,16). The van der Waals surface area contributed by atoms with Gasteiger partial charge in [0.15, 0.2) is 0 Å². The number of hydrogen-bond donors (Lipinski definition) is 2. The number of benzene rings is 1. The number of carbonyl (C=O) groups excluding carboxylic acids is 1. The van der Waals surface area contributed by atoms with Crippen molar-refractivity contribution in [2.24, 2.45) is 0 Å². The summed E-state index contributed by atoms with van der Waals surface area (Å²) in [5, 5.41) is 2.89. The molecule has 1 aromatic carbocycles. The first kappa shape index (κ1) is 16.7. The van der Waals surface area contributed by atoms with Crippen molar-refractivity contribution in [3.63, 3.8) is 0 Å². The number of rotatable bonds is 5. The fourth-order valence-electron chi connectivity index (χ4n) is 1.26. The van der Waals surface area contributed by atoms with Crippen molar-refractivity contribution in [1.82, 2.24) is 0 Å². The molecule has 0 aromatic heterocycles. The minimum absolute atomic E-state index is 0.296. The summed E-state index contributed by atoms with van der Waals surface area (Å²) in [6.45, 7) is 3.21. The highest BCUT2D eigenvalue weighted by Crippen LogP contribution is 2.27. The predicted molar refractivity (Wildman–Crippen MR) is 79.6 cm³/mol. The molecule has 0 fully saturated rings. The Morgan fingerprint density at radius 3 is 2.45 bits per heavy atom. The van der Waals surface area contributed by atoms with E-state index < -0.39 is 21.5 Å². The molecule has 0 radical (unpaired) electrons. The molecule has 0 saturated heterocycles. The van der Waals surface area contributed by atoms with E-state index in [1.165, 1.54) is 25.3 Å². The molecule has 0 unspecified atom stereocenters. The summed E-state index contributed by atoms with van der Waals surface area (Å²) in [4.78, 5) is 12.0. The summed E-state index contributed by atoms with van der Waals surface area (Å²) < 4.78 is 29.7. The maximum Gasteiger partial charge on any atom is 0.256 e. The first-order valence-electron chi connectivity index (χ1n) is 5.69. The molecule has 112 valence electrons. The Bertz CT molecular complexity index is 614. The lowest BCUT2D eigenvalue weighted by molar-refractivity contribution is -0.133. The molecule has 1 aromatic rings. The minimum atomic E-state index is -3.40. The van der Waals surface area contributed by atoms with Gasteiger partial charge < -0.3 is 10.1 Å². The monoisotopic (exact) mass is 320 g/mol. The van der Waals surface area contributed by atoms with Crippen molar-refractivity contribution in [1.29, 1.82) is 0 Å². The molecular weight excluding hydrogens is 304 g/mol. The fraction of sp³-hybridized carbons (Fsp3) is 0.417. The van der Waals surface area contributed by atoms with Gasteiger partial charge in [-0.05, 0) is 32.0 Å². The zero-order valence-electron chi connectivity index (χ0n) is 11.7. The highest BCUT2D eigenvalue weighted by molar-refractivity contribution is 7.92. The van der Waals surface area contributed by atoms with Crippen LogP contribution in [0.1, 0.15) is 13.8 Å². The van der Waals surface area contributed by atoms with Gasteiger partial charge in [-0.2, -0.15) is 0 Å². The molecular formula is C12H17ClN2O4S. The first-order chi connectivity index (χ1) is 9.05. The normalized spacial score (nSPS) is 12.1. The summed E-state index contributed by atoms with van der Waals surface area (Å²) >= 11 is 5.97. The van der Waals surface area contributed by atoms with E-state index in [4.69, 9.17) is 16.3 Å². The summed E-state index contributed by atoms with van der Waals surface area (Å²) in [5.41, 5.74) is -0.415. The van der Waals surface area contributed by atoms with Crippen LogP contribution >= 0.6 is 11.6 Å². The molecule has 0 aliphatic rings. The van der Waals surface area contributed by atoms with E-state index >= 15 is 0 Å². The van der Waals surface area contributed by atoms with E-state index in [0.29, 0.717) is 16.4 Å². The number of amides is 1. The van der Waals surface area contributed by atoms with Gasteiger partial charge in [-0.3, -0.25) is 9.52 Å². The van der Waals surface area contributed by atoms with Gasteiger partial charge in [-0.1, -0.05) is 11.6 Å². The molecule has 0 heterocycles. The highest BCUT2D eigenvalue weighted by atomic mass is 35.5. The Balaban J connectivity index is 3.01. The summed E-state index contributed by atoms with van der Waals surface area (Å²) in [6, 6.07) is 4.43. The van der Waals surface area contributed by atoms with Crippen molar-refractivity contribution >= 4 is 38.9 Å². The lowest BCUT2D eigenvalue weighted by atomic mass is 10.1. The van der Waals surface area contributed by atoms with Crippen LogP contribution < -0.4 is 10.0 Å². The van der Waals surface area contributed by atoms with Gasteiger partial charge in [0.25, 0.3) is 5.91 Å². The molecule has 0 atom stereocenters. The molecule has 0 bridgehead atoms. The number of carbonyl (C=O) groups is 1. The molecule has 0 spiro atoms. The SMILES string of the molecule is COC(C)(C)C(=O)Nc1cc(NS(C)(=O)=O)ccc1Cl. The first-order valence-corrected chi connectivity index (χ1v) is 7.96. The van der Waals surface area contributed by atoms with E-state index in [-0.39, 0.29) is 0 Å². The Morgan fingerprint density at radius 1 is 1.35 bits per heavy atom. The quantitative estimate of drug-likeness (QED) is 0.870. The van der Waals surface area contributed by atoms with Crippen LogP contribution in [0.2, 0.25) is 5.02 Å². The summed E-state index contributed by atoms with van der Waals surface area (Å²) in [6.07, 6.45) is 1.04. The Labute approximate surface area is 123 Å². The van der Waals surface area contributed by atoms with Crippen LogP contribution in [-0.2, 0) is 19.6 Å². The summed E-state index contributed by atoms with van der Waals surface area (Å²) in [7, 11) is -1.98. The van der Waals surface area contributed by atoms with Crippen molar-refractivity contribution in [3.05, 3.63) is 23.2 Å². The van der Waals surface area contributed by atoms with Crippen molar-refractivity contribution < 1.29 is 17.9 Å². The lowest BCUT2D eigenvalue weighted by Gasteiger charge is -2.22. The Kier molecular flexibility index (Phi) is 5.01. The molecule has 20 heavy (non-hydrogen) atoms. The van der Waals surface area contributed by atoms with E-state index in [2.05, 4.69) is 10.0 Å². The molecule has 0 aliphatic carbocycles. The van der Waals surface area contributed by atoms with Crippen LogP contribution in [0.4, 0.5) is 11.4 Å². The average molecular weight is 321 g/mol. The van der Waals surface area contributed by atoms with Gasteiger partial charge in [0.1, 0.15) is 5.60 Å². The maximum absolute atomic E-state index is 12.0. The van der Waals surface area contributed by atoms with Crippen LogP contribution in [0.25, 0.3) is 0 Å². The van der Waals surface area contributed by atoms with Gasteiger partial charge in [-0.15, -0.1) is 0 Å². The number of hydrogen-bond acceptors (Lipinski definition) is 4. The molecule has 0 saturated carbocycles. The molecule has 0 aliphatic heterocycles. The van der Waals surface area contributed by atoms with Crippen LogP contribution in [0.3, 0.4) is 0 Å². The maximum atomic E-state index is 12.0. The van der Waals surface area contributed by atoms with Gasteiger partial charge in [-0.25, -0.2) is 8.42 Å². The molecule has 8 heteroatoms. The Morgan fingerprint density at radius 2 is 1.95 bits per heavy atom. The largest absolute Gasteiger partial charge is 0.369 e. The zero-order chi connectivity index (χ0) is 15.6. The second-order valence-electron chi connectivity index (χ2n) is 4.74. The van der Waals surface area contributed by atoms with Crippen molar-refractivity contribution in [2.45, 2.75) is 19.4 Å². The van der Waals surface area contributed by atoms with Gasteiger partial charge in [0.05, 0.1) is 22.7 Å². The molecule has 1 amide bonds. The second-order valence-corrected chi connectivity index (χ2v) is 6.89. The average Bonchev–Trinajstić information content (AvgIpc) is 2.31. The number of halogens is 1. The fourth-order valence-corrected chi connectivity index (χ4v) is 1.98. The summed E-state index contributed by atoms with van der Waals surface area (Å²) in [5.74, 6) is -0.390. The minimum Gasteiger partial charge on any atom is -0.369 e. The number of methoxy groups -OCH3 is 1. The van der Waals surface area contributed by atoms with Gasteiger partial charge in [0, 0.05) is 7.11 Å². The second kappa shape index (κ2) is 5.99. The van der Waals surface area contributed by atoms with Crippen LogP contribution in [0.15, 0.2) is 18.2 Å². The molecule has 1 rings (SSSR count).